The number of hydrogen-bond acceptors (Lipinski definition) is 5. The molecule has 0 fully saturated rings. The van der Waals surface area contributed by atoms with Gasteiger partial charge in [0.25, 0.3) is 0 Å². The highest BCUT2D eigenvalue weighted by Crippen LogP contribution is 2.26. The van der Waals surface area contributed by atoms with E-state index in [-0.39, 0.29) is 11.9 Å². The third-order valence-electron chi connectivity index (χ3n) is 4.98. The number of esters is 1. The molecule has 3 aromatic rings. The number of methoxy groups -OCH3 is 1. The van der Waals surface area contributed by atoms with Gasteiger partial charge in [-0.3, -0.25) is 9.79 Å². The summed E-state index contributed by atoms with van der Waals surface area (Å²) in [6, 6.07) is 23.3. The van der Waals surface area contributed by atoms with Crippen molar-refractivity contribution < 1.29 is 19.5 Å². The van der Waals surface area contributed by atoms with Crippen LogP contribution in [0.25, 0.3) is 0 Å². The summed E-state index contributed by atoms with van der Waals surface area (Å²) in [5.74, 6) is 0.653. The number of aromatic nitrogens is 1. The fraction of sp³-hybridized carbons (Fsp3) is 0.280. The molecular weight excluding hydrogens is 392 g/mol. The molecule has 6 heteroatoms. The van der Waals surface area contributed by atoms with Crippen LogP contribution >= 0.6 is 0 Å². The molecule has 0 radical (unpaired) electrons. The van der Waals surface area contributed by atoms with Crippen LogP contribution in [0.5, 0.6) is 5.75 Å². The van der Waals surface area contributed by atoms with Gasteiger partial charge >= 0.3 is 5.97 Å². The van der Waals surface area contributed by atoms with Crippen LogP contribution in [0, 0.1) is 0 Å². The second kappa shape index (κ2) is 11.6. The molecule has 1 atom stereocenters. The van der Waals surface area contributed by atoms with Gasteiger partial charge < -0.3 is 14.7 Å². The average Bonchev–Trinajstić information content (AvgIpc) is 2.81. The minimum absolute atomic E-state index is 0.0642. The predicted molar refractivity (Wildman–Crippen MR) is 118 cm³/mol. The van der Waals surface area contributed by atoms with Crippen molar-refractivity contribution in [3.8, 4) is 5.75 Å². The number of carbonyl (C=O) groups excluding carboxylic acids is 1. The SMILES string of the molecule is COC(=O)CC(Cc1ccc(OCCCN=c2ccccn2O)cc1)c1ccccc1. The highest BCUT2D eigenvalue weighted by atomic mass is 16.5. The molecule has 6 nitrogen and oxygen atoms in total. The van der Waals surface area contributed by atoms with Gasteiger partial charge in [0.2, 0.25) is 0 Å². The minimum atomic E-state index is -0.207. The Morgan fingerprint density at radius 1 is 1.03 bits per heavy atom. The van der Waals surface area contributed by atoms with E-state index >= 15 is 0 Å². The minimum Gasteiger partial charge on any atom is -0.494 e. The summed E-state index contributed by atoms with van der Waals surface area (Å²) in [6.07, 6.45) is 3.38. The summed E-state index contributed by atoms with van der Waals surface area (Å²) in [4.78, 5) is 16.2. The number of ether oxygens (including phenoxy) is 2. The molecule has 2 aromatic carbocycles. The second-order valence-electron chi connectivity index (χ2n) is 7.22. The first-order valence-corrected chi connectivity index (χ1v) is 10.4. The molecule has 0 saturated heterocycles. The standard InChI is InChI=1S/C25H28N2O4/c1-30-25(28)19-22(21-8-3-2-4-9-21)18-20-11-13-23(14-12-20)31-17-7-15-26-24-10-5-6-16-27(24)29/h2-6,8-14,16,22,29H,7,15,17-19H2,1H3. The van der Waals surface area contributed by atoms with Gasteiger partial charge in [0, 0.05) is 19.2 Å². The number of carbonyl (C=O) groups is 1. The number of hydrogen-bond donors (Lipinski definition) is 1. The Morgan fingerprint density at radius 2 is 1.77 bits per heavy atom. The first-order valence-electron chi connectivity index (χ1n) is 10.4. The molecule has 3 rings (SSSR count). The van der Waals surface area contributed by atoms with Crippen LogP contribution in [0.2, 0.25) is 0 Å². The Kier molecular flexibility index (Phi) is 8.29. The lowest BCUT2D eigenvalue weighted by atomic mass is 9.89. The van der Waals surface area contributed by atoms with Gasteiger partial charge in [-0.25, -0.2) is 0 Å². The molecular formula is C25H28N2O4. The first kappa shape index (κ1) is 22.2. The Labute approximate surface area is 182 Å². The maximum absolute atomic E-state index is 11.9. The quantitative estimate of drug-likeness (QED) is 0.306. The van der Waals surface area contributed by atoms with E-state index in [2.05, 4.69) is 4.99 Å². The van der Waals surface area contributed by atoms with Gasteiger partial charge in [0.15, 0.2) is 5.49 Å². The van der Waals surface area contributed by atoms with E-state index in [1.165, 1.54) is 7.11 Å². The number of benzene rings is 2. The monoisotopic (exact) mass is 420 g/mol. The highest BCUT2D eigenvalue weighted by molar-refractivity contribution is 5.70. The zero-order chi connectivity index (χ0) is 21.9. The third-order valence-corrected chi connectivity index (χ3v) is 4.98. The molecule has 0 aliphatic heterocycles. The third kappa shape index (κ3) is 7.03. The van der Waals surface area contributed by atoms with Crippen molar-refractivity contribution in [2.24, 2.45) is 4.99 Å². The van der Waals surface area contributed by atoms with E-state index in [9.17, 15) is 10.0 Å². The molecule has 1 aromatic heterocycles. The Morgan fingerprint density at radius 3 is 2.48 bits per heavy atom. The lowest BCUT2D eigenvalue weighted by molar-refractivity contribution is -0.141. The molecule has 1 unspecified atom stereocenters. The molecule has 0 spiro atoms. The van der Waals surface area contributed by atoms with Gasteiger partial charge in [-0.2, -0.15) is 4.73 Å². The van der Waals surface area contributed by atoms with Crippen LogP contribution in [0.1, 0.15) is 29.9 Å². The van der Waals surface area contributed by atoms with Crippen LogP contribution in [-0.2, 0) is 16.0 Å². The van der Waals surface area contributed by atoms with Crippen LogP contribution < -0.4 is 10.2 Å². The molecule has 1 N–H and O–H groups in total. The summed E-state index contributed by atoms with van der Waals surface area (Å²) in [6.45, 7) is 1.10. The van der Waals surface area contributed by atoms with Crippen LogP contribution in [-0.4, -0.2) is 36.2 Å². The maximum atomic E-state index is 11.9. The summed E-state index contributed by atoms with van der Waals surface area (Å²) < 4.78 is 11.7. The van der Waals surface area contributed by atoms with E-state index in [0.29, 0.717) is 25.1 Å². The number of pyridine rings is 1. The van der Waals surface area contributed by atoms with Crippen molar-refractivity contribution in [1.82, 2.24) is 4.73 Å². The van der Waals surface area contributed by atoms with Gasteiger partial charge in [-0.15, -0.1) is 0 Å². The summed E-state index contributed by atoms with van der Waals surface area (Å²) >= 11 is 0. The molecule has 0 bridgehead atoms. The summed E-state index contributed by atoms with van der Waals surface area (Å²) in [5, 5.41) is 9.63. The number of rotatable bonds is 10. The van der Waals surface area contributed by atoms with Crippen LogP contribution in [0.3, 0.4) is 0 Å². The van der Waals surface area contributed by atoms with Gasteiger partial charge in [-0.05, 0) is 47.7 Å². The van der Waals surface area contributed by atoms with E-state index in [1.54, 1.807) is 18.3 Å². The van der Waals surface area contributed by atoms with Gasteiger partial charge in [0.1, 0.15) is 5.75 Å². The molecule has 0 amide bonds. The van der Waals surface area contributed by atoms with Crippen molar-refractivity contribution in [2.45, 2.75) is 25.2 Å². The molecule has 0 aliphatic carbocycles. The molecule has 1 heterocycles. The highest BCUT2D eigenvalue weighted by Gasteiger charge is 2.17. The zero-order valence-corrected chi connectivity index (χ0v) is 17.7. The van der Waals surface area contributed by atoms with E-state index in [0.717, 1.165) is 34.4 Å². The van der Waals surface area contributed by atoms with E-state index in [1.807, 2.05) is 60.7 Å². The van der Waals surface area contributed by atoms with E-state index < -0.39 is 0 Å². The topological polar surface area (TPSA) is 73.0 Å². The van der Waals surface area contributed by atoms with Crippen molar-refractivity contribution in [3.63, 3.8) is 0 Å². The van der Waals surface area contributed by atoms with Crippen LogP contribution in [0.15, 0.2) is 84.0 Å². The predicted octanol–water partition coefficient (Wildman–Crippen LogP) is 3.98. The molecule has 0 aliphatic rings. The largest absolute Gasteiger partial charge is 0.494 e. The molecule has 162 valence electrons. The Bertz CT molecular complexity index is 1010. The second-order valence-corrected chi connectivity index (χ2v) is 7.22. The summed E-state index contributed by atoms with van der Waals surface area (Å²) in [7, 11) is 1.42. The molecule has 31 heavy (non-hydrogen) atoms. The van der Waals surface area contributed by atoms with Crippen molar-refractivity contribution in [1.29, 1.82) is 0 Å². The maximum Gasteiger partial charge on any atom is 0.306 e. The lowest BCUT2D eigenvalue weighted by Crippen LogP contribution is -2.17. The normalized spacial score (nSPS) is 12.4. The van der Waals surface area contributed by atoms with Gasteiger partial charge in [-0.1, -0.05) is 48.5 Å². The van der Waals surface area contributed by atoms with Gasteiger partial charge in [0.05, 0.1) is 20.1 Å². The van der Waals surface area contributed by atoms with Crippen molar-refractivity contribution >= 4 is 5.97 Å². The smallest absolute Gasteiger partial charge is 0.306 e. The van der Waals surface area contributed by atoms with E-state index in [4.69, 9.17) is 9.47 Å². The zero-order valence-electron chi connectivity index (χ0n) is 17.7. The molecule has 0 saturated carbocycles. The number of nitrogens with zero attached hydrogens (tertiary/aromatic N) is 2. The summed E-state index contributed by atoms with van der Waals surface area (Å²) in [5.41, 5.74) is 2.78. The van der Waals surface area contributed by atoms with Crippen molar-refractivity contribution in [3.05, 3.63) is 95.6 Å². The van der Waals surface area contributed by atoms with Crippen LogP contribution in [0.4, 0.5) is 0 Å². The fourth-order valence-electron chi connectivity index (χ4n) is 3.32. The fourth-order valence-corrected chi connectivity index (χ4v) is 3.32. The van der Waals surface area contributed by atoms with Crippen molar-refractivity contribution in [2.75, 3.05) is 20.3 Å². The Balaban J connectivity index is 1.52. The lowest BCUT2D eigenvalue weighted by Gasteiger charge is -2.17. The Hall–Kier alpha value is -3.54. The first-order chi connectivity index (χ1) is 15.2. The average molecular weight is 421 g/mol.